The van der Waals surface area contributed by atoms with Crippen molar-refractivity contribution >= 4 is 35.6 Å². The molecule has 1 fully saturated rings. The summed E-state index contributed by atoms with van der Waals surface area (Å²) in [6.45, 7) is 5.53. The highest BCUT2D eigenvalue weighted by Gasteiger charge is 2.42. The number of carboxylic acids is 1. The van der Waals surface area contributed by atoms with Crippen molar-refractivity contribution in [2.75, 3.05) is 25.2 Å². The first-order valence-electron chi connectivity index (χ1n) is 11.7. The number of para-hydroxylation sites is 1. The van der Waals surface area contributed by atoms with E-state index in [1.807, 2.05) is 30.5 Å². The van der Waals surface area contributed by atoms with Crippen LogP contribution in [0, 0.1) is 20.8 Å². The molecule has 0 bridgehead atoms. The second-order valence-corrected chi connectivity index (χ2v) is 8.68. The summed E-state index contributed by atoms with van der Waals surface area (Å²) in [5.74, 6) is -2.44. The zero-order valence-corrected chi connectivity index (χ0v) is 21.0. The molecule has 4 amide bonds. The quantitative estimate of drug-likeness (QED) is 0.385. The number of methoxy groups -OCH3 is 1. The maximum atomic E-state index is 13.5. The number of aromatic nitrogens is 1. The summed E-state index contributed by atoms with van der Waals surface area (Å²) in [7, 11) is 1.46. The number of urea groups is 1. The molecule has 0 spiro atoms. The van der Waals surface area contributed by atoms with Crippen LogP contribution in [0.2, 0.25) is 0 Å². The van der Waals surface area contributed by atoms with Gasteiger partial charge in [-0.3, -0.25) is 14.5 Å². The van der Waals surface area contributed by atoms with Gasteiger partial charge in [0.2, 0.25) is 0 Å². The molecule has 1 saturated heterocycles. The van der Waals surface area contributed by atoms with E-state index in [1.54, 1.807) is 49.4 Å². The summed E-state index contributed by atoms with van der Waals surface area (Å²) in [5, 5.41) is 9.54. The second-order valence-electron chi connectivity index (χ2n) is 8.68. The molecular formula is C28H27N3O6. The molecule has 37 heavy (non-hydrogen) atoms. The number of carboxylic acid groups (broad SMARTS) is 1. The van der Waals surface area contributed by atoms with E-state index < -0.39 is 23.8 Å². The number of nitrogens with zero attached hydrogens (tertiary/aromatic N) is 3. The van der Waals surface area contributed by atoms with Crippen molar-refractivity contribution in [3.63, 3.8) is 0 Å². The van der Waals surface area contributed by atoms with Crippen LogP contribution in [0.4, 0.5) is 10.5 Å². The van der Waals surface area contributed by atoms with Crippen LogP contribution in [0.5, 0.6) is 0 Å². The van der Waals surface area contributed by atoms with Crippen LogP contribution >= 0.6 is 0 Å². The molecule has 1 aromatic heterocycles. The lowest BCUT2D eigenvalue weighted by Gasteiger charge is -2.33. The van der Waals surface area contributed by atoms with Gasteiger partial charge in [0, 0.05) is 24.2 Å². The Morgan fingerprint density at radius 2 is 1.68 bits per heavy atom. The third-order valence-corrected chi connectivity index (χ3v) is 6.41. The number of benzene rings is 2. The summed E-state index contributed by atoms with van der Waals surface area (Å²) in [5.41, 5.74) is 3.76. The van der Waals surface area contributed by atoms with Gasteiger partial charge in [-0.1, -0.05) is 24.3 Å². The van der Waals surface area contributed by atoms with Gasteiger partial charge < -0.3 is 14.4 Å². The van der Waals surface area contributed by atoms with E-state index in [2.05, 4.69) is 0 Å². The minimum absolute atomic E-state index is 0.0116. The molecule has 0 saturated carbocycles. The predicted octanol–water partition coefficient (Wildman–Crippen LogP) is 4.13. The number of carbonyl (C=O) groups excluding carboxylic acids is 3. The summed E-state index contributed by atoms with van der Waals surface area (Å²) >= 11 is 0. The fourth-order valence-corrected chi connectivity index (χ4v) is 4.52. The molecule has 9 heteroatoms. The van der Waals surface area contributed by atoms with E-state index in [9.17, 15) is 24.3 Å². The highest BCUT2D eigenvalue weighted by atomic mass is 16.5. The van der Waals surface area contributed by atoms with Crippen LogP contribution in [0.25, 0.3) is 11.8 Å². The van der Waals surface area contributed by atoms with Gasteiger partial charge in [0.25, 0.3) is 11.8 Å². The van der Waals surface area contributed by atoms with Crippen LogP contribution in [0.3, 0.4) is 0 Å². The number of rotatable bonds is 7. The van der Waals surface area contributed by atoms with Crippen LogP contribution in [-0.2, 0) is 14.3 Å². The molecule has 0 radical (unpaired) electrons. The van der Waals surface area contributed by atoms with Gasteiger partial charge in [-0.05, 0) is 68.3 Å². The molecule has 0 aliphatic carbocycles. The number of imide groups is 2. The van der Waals surface area contributed by atoms with Gasteiger partial charge in [-0.2, -0.15) is 0 Å². The van der Waals surface area contributed by atoms with Crippen LogP contribution < -0.4 is 4.90 Å². The van der Waals surface area contributed by atoms with Crippen molar-refractivity contribution in [3.8, 4) is 5.69 Å². The highest BCUT2D eigenvalue weighted by Crippen LogP contribution is 2.29. The molecular weight excluding hydrogens is 474 g/mol. The standard InChI is InChI=1S/C28H27N3O6/c1-17-15-20(19(3)30(17)24-12-8-11-22(18(24)2)27(34)35)16-23-25(32)29(13-14-37-4)28(36)31(26(23)33)21-9-6-5-7-10-21/h5-12,15-16H,13-14H2,1-4H3,(H,34,35)/b23-16-. The first kappa shape index (κ1) is 25.6. The molecule has 9 nitrogen and oxygen atoms in total. The fraction of sp³-hybridized carbons (Fsp3) is 0.214. The van der Waals surface area contributed by atoms with E-state index >= 15 is 0 Å². The van der Waals surface area contributed by atoms with Crippen LogP contribution in [-0.4, -0.2) is 58.6 Å². The topological polar surface area (TPSA) is 109 Å². The molecule has 1 aliphatic rings. The Balaban J connectivity index is 1.84. The largest absolute Gasteiger partial charge is 0.478 e. The smallest absolute Gasteiger partial charge is 0.338 e. The zero-order valence-electron chi connectivity index (χ0n) is 21.0. The average molecular weight is 502 g/mol. The molecule has 3 aromatic rings. The number of hydrogen-bond donors (Lipinski definition) is 1. The Morgan fingerprint density at radius 3 is 2.32 bits per heavy atom. The lowest BCUT2D eigenvalue weighted by atomic mass is 10.1. The fourth-order valence-electron chi connectivity index (χ4n) is 4.52. The third kappa shape index (κ3) is 4.56. The van der Waals surface area contributed by atoms with E-state index in [0.717, 1.165) is 15.5 Å². The van der Waals surface area contributed by atoms with Crippen molar-refractivity contribution in [1.29, 1.82) is 0 Å². The lowest BCUT2D eigenvalue weighted by molar-refractivity contribution is -0.129. The van der Waals surface area contributed by atoms with Gasteiger partial charge in [-0.25, -0.2) is 14.5 Å². The maximum Gasteiger partial charge on any atom is 0.338 e. The Morgan fingerprint density at radius 1 is 0.973 bits per heavy atom. The van der Waals surface area contributed by atoms with Crippen molar-refractivity contribution in [2.45, 2.75) is 20.8 Å². The molecule has 0 atom stereocenters. The lowest BCUT2D eigenvalue weighted by Crippen LogP contribution is -2.57. The maximum absolute atomic E-state index is 13.5. The monoisotopic (exact) mass is 501 g/mol. The molecule has 0 unspecified atom stereocenters. The molecule has 4 rings (SSSR count). The number of carbonyl (C=O) groups is 4. The Labute approximate surface area is 214 Å². The highest BCUT2D eigenvalue weighted by molar-refractivity contribution is 6.39. The normalized spacial score (nSPS) is 15.1. The minimum atomic E-state index is -1.02. The summed E-state index contributed by atoms with van der Waals surface area (Å²) in [6, 6.07) is 14.5. The van der Waals surface area contributed by atoms with E-state index in [-0.39, 0.29) is 24.3 Å². The van der Waals surface area contributed by atoms with E-state index in [4.69, 9.17) is 4.74 Å². The molecule has 2 heterocycles. The number of hydrogen-bond acceptors (Lipinski definition) is 5. The summed E-state index contributed by atoms with van der Waals surface area (Å²) in [4.78, 5) is 53.7. The third-order valence-electron chi connectivity index (χ3n) is 6.41. The molecule has 1 aliphatic heterocycles. The van der Waals surface area contributed by atoms with E-state index in [1.165, 1.54) is 13.2 Å². The number of anilines is 1. The van der Waals surface area contributed by atoms with Gasteiger partial charge >= 0.3 is 12.0 Å². The van der Waals surface area contributed by atoms with Gasteiger partial charge in [0.1, 0.15) is 5.57 Å². The van der Waals surface area contributed by atoms with Crippen LogP contribution in [0.1, 0.15) is 32.9 Å². The number of ether oxygens (including phenoxy) is 1. The van der Waals surface area contributed by atoms with Crippen molar-refractivity contribution < 1.29 is 29.0 Å². The van der Waals surface area contributed by atoms with Crippen molar-refractivity contribution in [3.05, 3.63) is 88.2 Å². The first-order chi connectivity index (χ1) is 17.7. The van der Waals surface area contributed by atoms with Crippen molar-refractivity contribution in [1.82, 2.24) is 9.47 Å². The minimum Gasteiger partial charge on any atom is -0.478 e. The molecule has 190 valence electrons. The Kier molecular flexibility index (Phi) is 7.08. The van der Waals surface area contributed by atoms with Gasteiger partial charge in [-0.15, -0.1) is 0 Å². The predicted molar refractivity (Wildman–Crippen MR) is 138 cm³/mol. The number of aryl methyl sites for hydroxylation is 1. The zero-order chi connectivity index (χ0) is 26.9. The van der Waals surface area contributed by atoms with E-state index in [0.29, 0.717) is 28.2 Å². The number of amides is 4. The Hall–Kier alpha value is -4.50. The summed E-state index contributed by atoms with van der Waals surface area (Å²) < 4.78 is 6.96. The second kappa shape index (κ2) is 10.2. The first-order valence-corrected chi connectivity index (χ1v) is 11.7. The molecule has 1 N–H and O–H groups in total. The van der Waals surface area contributed by atoms with Crippen molar-refractivity contribution in [2.24, 2.45) is 0 Å². The number of barbiturate groups is 1. The average Bonchev–Trinajstić information content (AvgIpc) is 3.15. The van der Waals surface area contributed by atoms with Gasteiger partial charge in [0.05, 0.1) is 24.4 Å². The number of aromatic carboxylic acids is 1. The Bertz CT molecular complexity index is 1440. The summed E-state index contributed by atoms with van der Waals surface area (Å²) in [6.07, 6.45) is 1.49. The SMILES string of the molecule is COCCN1C(=O)/C(=C/c2cc(C)n(-c3cccc(C(=O)O)c3C)c2C)C(=O)N(c2ccccc2)C1=O. The molecule has 2 aromatic carbocycles. The van der Waals surface area contributed by atoms with Crippen LogP contribution in [0.15, 0.2) is 60.2 Å². The van der Waals surface area contributed by atoms with Gasteiger partial charge in [0.15, 0.2) is 0 Å².